The lowest BCUT2D eigenvalue weighted by molar-refractivity contribution is -0.130. The smallest absolute Gasteiger partial charge is 0.261 e. The summed E-state index contributed by atoms with van der Waals surface area (Å²) >= 11 is 0. The number of fused-ring (bicyclic) bond motifs is 8. The van der Waals surface area contributed by atoms with Crippen LogP contribution in [0.25, 0.3) is 0 Å². The molecular formula is C56H61N9O10. The average molecular weight is 1020 g/mol. The summed E-state index contributed by atoms with van der Waals surface area (Å²) in [6.45, 7) is 4.47. The number of unbranched alkanes of at least 4 members (excludes halogenated alkanes) is 1. The second-order valence-corrected chi connectivity index (χ2v) is 19.0. The van der Waals surface area contributed by atoms with E-state index in [1.165, 1.54) is 21.0 Å². The zero-order chi connectivity index (χ0) is 52.6. The van der Waals surface area contributed by atoms with Gasteiger partial charge in [-0.25, -0.2) is 5.90 Å². The summed E-state index contributed by atoms with van der Waals surface area (Å²) in [6, 6.07) is 27.6. The molecule has 4 atom stereocenters. The van der Waals surface area contributed by atoms with Gasteiger partial charge in [-0.2, -0.15) is 0 Å². The maximum Gasteiger partial charge on any atom is 0.261 e. The molecule has 5 aromatic carbocycles. The molecule has 0 bridgehead atoms. The van der Waals surface area contributed by atoms with E-state index < -0.39 is 23.9 Å². The Balaban J connectivity index is 0.873. The monoisotopic (exact) mass is 1020 g/mol. The van der Waals surface area contributed by atoms with Gasteiger partial charge in [0.1, 0.15) is 31.0 Å². The number of carbonyl (C=O) groups excluding carboxylic acids is 6. The summed E-state index contributed by atoms with van der Waals surface area (Å²) in [4.78, 5) is 92.4. The average Bonchev–Trinajstić information content (AvgIpc) is 3.91. The zero-order valence-corrected chi connectivity index (χ0v) is 42.1. The minimum absolute atomic E-state index is 0.000908. The van der Waals surface area contributed by atoms with Crippen LogP contribution in [0.4, 0.5) is 28.4 Å². The molecule has 0 aromatic heterocycles. The molecule has 4 aliphatic rings. The lowest BCUT2D eigenvalue weighted by atomic mass is 10.1. The molecule has 9 rings (SSSR count). The highest BCUT2D eigenvalue weighted by molar-refractivity contribution is 6.15. The number of hydrogen-bond acceptors (Lipinski definition) is 13. The van der Waals surface area contributed by atoms with Crippen LogP contribution in [0.2, 0.25) is 0 Å². The van der Waals surface area contributed by atoms with E-state index in [4.69, 9.17) is 25.1 Å². The number of nitrogens with one attached hydrogen (secondary N) is 5. The minimum atomic E-state index is -1.01. The van der Waals surface area contributed by atoms with Crippen LogP contribution in [0.5, 0.6) is 17.2 Å². The quantitative estimate of drug-likeness (QED) is 0.0364. The first kappa shape index (κ1) is 51.6. The van der Waals surface area contributed by atoms with Crippen molar-refractivity contribution in [2.75, 3.05) is 47.2 Å². The zero-order valence-electron chi connectivity index (χ0n) is 42.1. The predicted molar refractivity (Wildman–Crippen MR) is 283 cm³/mol. The molecule has 0 saturated carbocycles. The van der Waals surface area contributed by atoms with E-state index in [2.05, 4.69) is 37.5 Å². The normalized spacial score (nSPS) is 16.5. The maximum atomic E-state index is 14.1. The lowest BCUT2D eigenvalue weighted by Crippen LogP contribution is -2.50. The number of aliphatic imine (C=N–C) groups is 1. The van der Waals surface area contributed by atoms with Crippen molar-refractivity contribution in [3.8, 4) is 17.2 Å². The summed E-state index contributed by atoms with van der Waals surface area (Å²) in [5, 5.41) is 14.5. The molecule has 19 heteroatoms. The van der Waals surface area contributed by atoms with Gasteiger partial charge >= 0.3 is 0 Å². The van der Waals surface area contributed by atoms with Crippen molar-refractivity contribution < 1.29 is 47.8 Å². The molecule has 5 aromatic rings. The Kier molecular flexibility index (Phi) is 16.0. The highest BCUT2D eigenvalue weighted by Gasteiger charge is 2.38. The molecular weight excluding hydrogens is 959 g/mol. The van der Waals surface area contributed by atoms with Crippen LogP contribution in [-0.2, 0) is 50.1 Å². The molecule has 0 spiro atoms. The van der Waals surface area contributed by atoms with Crippen molar-refractivity contribution in [2.24, 2.45) is 10.9 Å². The number of anilines is 4. The number of methoxy groups -OCH3 is 1. The topological polar surface area (TPSA) is 244 Å². The first-order chi connectivity index (χ1) is 36.4. The molecule has 75 heavy (non-hydrogen) atoms. The van der Waals surface area contributed by atoms with Crippen LogP contribution in [0.15, 0.2) is 102 Å². The second kappa shape index (κ2) is 23.3. The SMILES string of the molecule is COc1cc2c(cc1OCc1cc(COc3ccc4c(c3)NC[C@@H]3Cc5ccccc5N3C4=O)cc(NC(=O)[C@H](C)NC(=O)[C@H](C)NC(=O)CCCCC(=O)NCCCON)c1)N=C[C@@H]1Cc3ccccc3N1C2=O. The molecule has 0 unspecified atom stereocenters. The van der Waals surface area contributed by atoms with E-state index in [1.807, 2.05) is 59.5 Å². The van der Waals surface area contributed by atoms with Crippen molar-refractivity contribution in [1.82, 2.24) is 16.0 Å². The number of carbonyl (C=O) groups is 6. The highest BCUT2D eigenvalue weighted by atomic mass is 16.6. The van der Waals surface area contributed by atoms with E-state index in [1.54, 1.807) is 47.5 Å². The summed E-state index contributed by atoms with van der Waals surface area (Å²) in [7, 11) is 1.50. The molecule has 0 radical (unpaired) electrons. The molecule has 4 aliphatic heterocycles. The van der Waals surface area contributed by atoms with Gasteiger partial charge in [-0.1, -0.05) is 36.4 Å². The van der Waals surface area contributed by atoms with Crippen LogP contribution >= 0.6 is 0 Å². The summed E-state index contributed by atoms with van der Waals surface area (Å²) < 4.78 is 18.5. The number of hydrogen-bond donors (Lipinski definition) is 6. The minimum Gasteiger partial charge on any atom is -0.493 e. The van der Waals surface area contributed by atoms with Crippen molar-refractivity contribution >= 4 is 70.1 Å². The van der Waals surface area contributed by atoms with Gasteiger partial charge in [0.2, 0.25) is 23.6 Å². The predicted octanol–water partition coefficient (Wildman–Crippen LogP) is 6.04. The maximum absolute atomic E-state index is 14.1. The van der Waals surface area contributed by atoms with Gasteiger partial charge in [-0.15, -0.1) is 0 Å². The number of ether oxygens (including phenoxy) is 3. The number of amides is 6. The van der Waals surface area contributed by atoms with Crippen LogP contribution in [0, 0.1) is 0 Å². The fourth-order valence-corrected chi connectivity index (χ4v) is 9.80. The van der Waals surface area contributed by atoms with Crippen LogP contribution < -0.4 is 56.5 Å². The standard InChI is InChI=1S/C56H61N9O10/c1-33(61-52(67)16-9-8-15-51(66)58-19-10-20-75-57)53(68)62-34(2)54(69)63-39-22-35(31-73-42-17-18-43-45(26-42)59-29-40-24-37-11-4-6-13-47(37)64(40)55(43)70)21-36(23-39)32-74-50-28-46-44(27-49(50)72-3)56(71)65-41(30-60-46)25-38-12-5-7-14-48(38)65/h4-7,11-14,17-18,21-23,26-28,30,33-34,40-41,59H,8-10,15-16,19-20,24-25,29,31-32,57H2,1-3H3,(H,58,66)(H,61,67)(H,62,68)(H,63,69)/t33-,34-,40-,41-/m0/s1. The molecule has 0 saturated heterocycles. The fraction of sp³-hybridized carbons (Fsp3) is 0.339. The number of para-hydroxylation sites is 2. The Labute approximate surface area is 434 Å². The van der Waals surface area contributed by atoms with Gasteiger partial charge in [-0.3, -0.25) is 38.7 Å². The van der Waals surface area contributed by atoms with Crippen LogP contribution in [0.1, 0.15) is 88.9 Å². The van der Waals surface area contributed by atoms with E-state index in [9.17, 15) is 28.8 Å². The second-order valence-electron chi connectivity index (χ2n) is 19.0. The third-order valence-electron chi connectivity index (χ3n) is 13.6. The van der Waals surface area contributed by atoms with Crippen LogP contribution in [-0.4, -0.2) is 92.6 Å². The van der Waals surface area contributed by atoms with Gasteiger partial charge in [0.25, 0.3) is 11.8 Å². The van der Waals surface area contributed by atoms with Gasteiger partial charge in [0.15, 0.2) is 11.5 Å². The molecule has 19 nitrogen and oxygen atoms in total. The molecule has 390 valence electrons. The first-order valence-electron chi connectivity index (χ1n) is 25.2. The Bertz CT molecular complexity index is 3040. The van der Waals surface area contributed by atoms with Crippen molar-refractivity contribution in [1.29, 1.82) is 0 Å². The van der Waals surface area contributed by atoms with Crippen LogP contribution in [0.3, 0.4) is 0 Å². The number of nitrogens with two attached hydrogens (primary N) is 1. The van der Waals surface area contributed by atoms with E-state index in [-0.39, 0.29) is 61.8 Å². The molecule has 4 heterocycles. The summed E-state index contributed by atoms with van der Waals surface area (Å²) in [5.41, 5.74) is 7.70. The van der Waals surface area contributed by atoms with Crippen molar-refractivity contribution in [3.63, 3.8) is 0 Å². The van der Waals surface area contributed by atoms with Gasteiger partial charge in [0, 0.05) is 67.8 Å². The Morgan fingerprint density at radius 3 is 2.16 bits per heavy atom. The third-order valence-corrected chi connectivity index (χ3v) is 13.6. The van der Waals surface area contributed by atoms with E-state index >= 15 is 0 Å². The van der Waals surface area contributed by atoms with E-state index in [0.29, 0.717) is 102 Å². The molecule has 0 fully saturated rings. The number of rotatable bonds is 21. The molecule has 0 aliphatic carbocycles. The largest absolute Gasteiger partial charge is 0.493 e. The van der Waals surface area contributed by atoms with Gasteiger partial charge < -0.3 is 50.5 Å². The highest BCUT2D eigenvalue weighted by Crippen LogP contribution is 2.42. The molecule has 6 amide bonds. The number of nitrogens with zero attached hydrogens (tertiary/aromatic N) is 3. The third kappa shape index (κ3) is 11.9. The fourth-order valence-electron chi connectivity index (χ4n) is 9.80. The van der Waals surface area contributed by atoms with Gasteiger partial charge in [-0.05, 0) is 110 Å². The van der Waals surface area contributed by atoms with Crippen molar-refractivity contribution in [2.45, 2.75) is 96.2 Å². The number of benzene rings is 5. The Morgan fingerprint density at radius 1 is 0.733 bits per heavy atom. The lowest BCUT2D eigenvalue weighted by Gasteiger charge is -2.22. The molecule has 7 N–H and O–H groups in total. The van der Waals surface area contributed by atoms with Gasteiger partial charge in [0.05, 0.1) is 48.3 Å². The van der Waals surface area contributed by atoms with E-state index in [0.717, 1.165) is 28.9 Å². The Hall–Kier alpha value is -8.29. The van der Waals surface area contributed by atoms with Crippen molar-refractivity contribution in [3.05, 3.63) is 130 Å². The Morgan fingerprint density at radius 2 is 1.41 bits per heavy atom. The summed E-state index contributed by atoms with van der Waals surface area (Å²) in [6.07, 6.45) is 5.10. The first-order valence-corrected chi connectivity index (χ1v) is 25.2. The summed E-state index contributed by atoms with van der Waals surface area (Å²) in [5.74, 6) is 4.34.